The van der Waals surface area contributed by atoms with E-state index in [0.717, 1.165) is 14.7 Å². The Bertz CT molecular complexity index is 3240. The highest BCUT2D eigenvalue weighted by molar-refractivity contribution is 6.00. The van der Waals surface area contributed by atoms with Crippen LogP contribution in [0.15, 0.2) is 65.7 Å². The number of hydrogen-bond acceptors (Lipinski definition) is 16. The number of aliphatic carboxylic acids is 1. The standard InChI is InChI=1S/C70H110N16O16/c1-15-43(8)59(85(13)65(96)52(38-54(72)88)82(10)67(98)57(41(4)5)83(11)63(94)48(78-56(90)39-102-14)35-44-24-18-16-19-25-44)68(99)84(12)58(42(6)7)66(97)81(9)51(34-40(2)3)62(93)79-47(37-53(71)87)60(91)80-49(36-45-26-20-17-21-27-45)64(95)86-33-23-29-50(86)61(92)75-32-30-55(89)77-46(69(100)101)28-22-31-76-70(73)74/h16-21,24-27,40-43,46-52,57-59H,15,22-23,28-39H2,1-14H3,(H2,71,87)(H2,72,88)(H,75,92)(H,77,89)(H,78,90)(H,79,93)(H,80,91)(H,100,101)(H4,73,74,76)/t43-,46-,47-,48+,49+,50-,51-,52-,57-,58-,59-/m0/s1. The molecule has 0 bridgehead atoms. The van der Waals surface area contributed by atoms with E-state index in [2.05, 4.69) is 31.6 Å². The third kappa shape index (κ3) is 26.0. The molecule has 1 heterocycles. The van der Waals surface area contributed by atoms with Crippen molar-refractivity contribution in [1.29, 1.82) is 0 Å². The number of benzene rings is 2. The number of primary amides is 2. The quantitative estimate of drug-likeness (QED) is 0.0216. The van der Waals surface area contributed by atoms with Gasteiger partial charge in [0.15, 0.2) is 5.96 Å². The minimum atomic E-state index is -1.73. The van der Waals surface area contributed by atoms with E-state index in [1.54, 1.807) is 116 Å². The number of aliphatic imine (C=N–C) groups is 1. The molecule has 14 N–H and O–H groups in total. The summed E-state index contributed by atoms with van der Waals surface area (Å²) in [5.74, 6) is -13.9. The van der Waals surface area contributed by atoms with Gasteiger partial charge in [0.1, 0.15) is 67.0 Å². The Balaban J connectivity index is 1.95. The van der Waals surface area contributed by atoms with Gasteiger partial charge in [-0.2, -0.15) is 0 Å². The molecule has 0 aromatic heterocycles. The molecule has 3 rings (SSSR count). The molecule has 32 nitrogen and oxygen atoms in total. The molecule has 566 valence electrons. The van der Waals surface area contributed by atoms with Crippen molar-refractivity contribution in [2.45, 2.75) is 186 Å². The summed E-state index contributed by atoms with van der Waals surface area (Å²) in [5.41, 5.74) is 23.4. The Hall–Kier alpha value is -9.75. The minimum Gasteiger partial charge on any atom is -0.480 e. The van der Waals surface area contributed by atoms with Gasteiger partial charge in [0.25, 0.3) is 0 Å². The summed E-state index contributed by atoms with van der Waals surface area (Å²) in [4.78, 5) is 207. The number of carbonyl (C=O) groups is 14. The largest absolute Gasteiger partial charge is 0.480 e. The van der Waals surface area contributed by atoms with E-state index in [1.807, 2.05) is 0 Å². The second-order valence-corrected chi connectivity index (χ2v) is 27.1. The van der Waals surface area contributed by atoms with Gasteiger partial charge in [0.2, 0.25) is 76.8 Å². The van der Waals surface area contributed by atoms with Crippen LogP contribution in [0.4, 0.5) is 0 Å². The van der Waals surface area contributed by atoms with Gasteiger partial charge in [0.05, 0.1) is 12.8 Å². The molecule has 13 amide bonds. The molecule has 0 saturated carbocycles. The number of guanidine groups is 1. The number of carboxylic acid groups (broad SMARTS) is 1. The molecular weight excluding hydrogens is 1320 g/mol. The highest BCUT2D eigenvalue weighted by Gasteiger charge is 2.46. The molecule has 11 atom stereocenters. The highest BCUT2D eigenvalue weighted by Crippen LogP contribution is 2.26. The second kappa shape index (κ2) is 41.9. The van der Waals surface area contributed by atoms with Crippen LogP contribution in [0.2, 0.25) is 0 Å². The van der Waals surface area contributed by atoms with Crippen LogP contribution in [0.3, 0.4) is 0 Å². The van der Waals surface area contributed by atoms with Gasteiger partial charge < -0.3 is 88.8 Å². The molecule has 0 spiro atoms. The summed E-state index contributed by atoms with van der Waals surface area (Å²) in [6, 6.07) is 3.87. The molecule has 1 aliphatic rings. The number of amides is 13. The van der Waals surface area contributed by atoms with Crippen molar-refractivity contribution in [3.63, 3.8) is 0 Å². The predicted molar refractivity (Wildman–Crippen MR) is 379 cm³/mol. The zero-order valence-corrected chi connectivity index (χ0v) is 61.5. The number of carboxylic acids is 1. The van der Waals surface area contributed by atoms with Crippen molar-refractivity contribution < 1.29 is 77.0 Å². The summed E-state index contributed by atoms with van der Waals surface area (Å²) in [7, 11) is 8.02. The third-order valence-electron chi connectivity index (χ3n) is 18.0. The van der Waals surface area contributed by atoms with Crippen molar-refractivity contribution in [2.24, 2.45) is 51.6 Å². The van der Waals surface area contributed by atoms with Gasteiger partial charge in [-0.3, -0.25) is 67.3 Å². The monoisotopic (exact) mass is 1430 g/mol. The van der Waals surface area contributed by atoms with E-state index in [4.69, 9.17) is 27.7 Å². The lowest BCUT2D eigenvalue weighted by Crippen LogP contribution is -2.63. The summed E-state index contributed by atoms with van der Waals surface area (Å²) >= 11 is 0. The first-order valence-corrected chi connectivity index (χ1v) is 34.4. The summed E-state index contributed by atoms with van der Waals surface area (Å²) in [6.45, 7) is 13.4. The lowest BCUT2D eigenvalue weighted by atomic mass is 9.92. The number of likely N-dealkylation sites (tertiary alicyclic amines) is 1. The Labute approximate surface area is 597 Å². The number of nitrogens with one attached hydrogen (secondary N) is 5. The number of ether oxygens (including phenoxy) is 1. The van der Waals surface area contributed by atoms with Crippen LogP contribution in [0, 0.1) is 23.7 Å². The molecule has 32 heteroatoms. The molecule has 0 aliphatic carbocycles. The van der Waals surface area contributed by atoms with Gasteiger partial charge >= 0.3 is 5.97 Å². The molecule has 2 aromatic carbocycles. The van der Waals surface area contributed by atoms with E-state index < -0.39 is 174 Å². The first-order valence-electron chi connectivity index (χ1n) is 34.4. The smallest absolute Gasteiger partial charge is 0.326 e. The number of likely N-dealkylation sites (N-methyl/N-ethyl adjacent to an activating group) is 5. The lowest BCUT2D eigenvalue weighted by Gasteiger charge is -2.42. The predicted octanol–water partition coefficient (Wildman–Crippen LogP) is -1.02. The summed E-state index contributed by atoms with van der Waals surface area (Å²) < 4.78 is 5.00. The van der Waals surface area contributed by atoms with Crippen molar-refractivity contribution in [3.05, 3.63) is 71.8 Å². The first-order chi connectivity index (χ1) is 47.9. The Morgan fingerprint density at radius 1 is 0.588 bits per heavy atom. The maximum atomic E-state index is 15.3. The van der Waals surface area contributed by atoms with Crippen LogP contribution in [-0.2, 0) is 84.7 Å². The van der Waals surface area contributed by atoms with Gasteiger partial charge in [-0.1, -0.05) is 122 Å². The van der Waals surface area contributed by atoms with Crippen LogP contribution in [0.25, 0.3) is 0 Å². The number of carbonyl (C=O) groups excluding carboxylic acids is 13. The minimum absolute atomic E-state index is 0.0224. The number of nitrogens with two attached hydrogens (primary N) is 4. The second-order valence-electron chi connectivity index (χ2n) is 27.1. The molecule has 0 radical (unpaired) electrons. The van der Waals surface area contributed by atoms with Crippen LogP contribution >= 0.6 is 0 Å². The maximum absolute atomic E-state index is 15.3. The average molecular weight is 1430 g/mol. The van der Waals surface area contributed by atoms with Gasteiger partial charge in [-0.25, -0.2) is 4.79 Å². The fourth-order valence-corrected chi connectivity index (χ4v) is 12.5. The average Bonchev–Trinajstić information content (AvgIpc) is 0.953. The number of nitrogens with zero attached hydrogens (tertiary/aromatic N) is 7. The molecule has 2 aromatic rings. The van der Waals surface area contributed by atoms with Gasteiger partial charge in [-0.05, 0) is 66.9 Å². The van der Waals surface area contributed by atoms with Crippen molar-refractivity contribution in [2.75, 3.05) is 68.6 Å². The molecular formula is C70H110N16O16. The summed E-state index contributed by atoms with van der Waals surface area (Å²) in [5, 5.41) is 22.7. The molecule has 0 unspecified atom stereocenters. The van der Waals surface area contributed by atoms with Gasteiger partial charge in [-0.15, -0.1) is 0 Å². The SMILES string of the molecule is CC[C@H](C)[C@@H](C(=O)N(C)[C@H](C(=O)N(C)[C@@H](CC(C)C)C(=O)N[C@@H](CC(N)=O)C(=O)N[C@H](Cc1ccccc1)C(=O)N1CCC[C@H]1C(=O)NCCC(=O)N[C@@H](CCCN=C(N)N)C(=O)O)C(C)C)N(C)C(=O)[C@H](CC(N)=O)N(C)C(=O)[C@H](C(C)C)N(C)C(=O)[C@@H](Cc1ccccc1)NC(=O)COC. The van der Waals surface area contributed by atoms with Gasteiger partial charge in [0, 0.05) is 81.2 Å². The maximum Gasteiger partial charge on any atom is 0.326 e. The number of rotatable bonds is 42. The molecule has 1 aliphatic heterocycles. The number of hydrogen-bond donors (Lipinski definition) is 10. The Morgan fingerprint density at radius 2 is 1.08 bits per heavy atom. The van der Waals surface area contributed by atoms with Crippen LogP contribution < -0.4 is 49.5 Å². The Morgan fingerprint density at radius 3 is 1.57 bits per heavy atom. The van der Waals surface area contributed by atoms with E-state index in [1.165, 1.54) is 57.0 Å². The van der Waals surface area contributed by atoms with E-state index in [-0.39, 0.29) is 83.1 Å². The van der Waals surface area contributed by atoms with Crippen LogP contribution in [0.1, 0.15) is 124 Å². The fraction of sp³-hybridized carbons (Fsp3) is 0.614. The highest BCUT2D eigenvalue weighted by atomic mass is 16.5. The normalized spacial score (nSPS) is 15.7. The molecule has 1 saturated heterocycles. The van der Waals surface area contributed by atoms with E-state index >= 15 is 14.4 Å². The van der Waals surface area contributed by atoms with Crippen molar-refractivity contribution in [1.82, 2.24) is 56.0 Å². The molecule has 102 heavy (non-hydrogen) atoms. The van der Waals surface area contributed by atoms with Crippen LogP contribution in [0.5, 0.6) is 0 Å². The van der Waals surface area contributed by atoms with E-state index in [9.17, 15) is 57.8 Å². The zero-order valence-electron chi connectivity index (χ0n) is 61.5. The fourth-order valence-electron chi connectivity index (χ4n) is 12.5. The first kappa shape index (κ1) is 86.5. The lowest BCUT2D eigenvalue weighted by molar-refractivity contribution is -0.158. The summed E-state index contributed by atoms with van der Waals surface area (Å²) in [6.07, 6.45) is -0.722. The van der Waals surface area contributed by atoms with Crippen molar-refractivity contribution in [3.8, 4) is 0 Å². The third-order valence-corrected chi connectivity index (χ3v) is 18.0. The molecule has 1 fully saturated rings. The Kier molecular flexibility index (Phi) is 35.5. The zero-order chi connectivity index (χ0) is 77.0. The van der Waals surface area contributed by atoms with Crippen LogP contribution in [-0.4, -0.2) is 252 Å². The van der Waals surface area contributed by atoms with Crippen molar-refractivity contribution >= 4 is 88.7 Å². The topological polar surface area (TPSA) is 464 Å². The van der Waals surface area contributed by atoms with E-state index in [0.29, 0.717) is 24.0 Å². The number of methoxy groups -OCH3 is 1.